The second kappa shape index (κ2) is 11.7. The van der Waals surface area contributed by atoms with Crippen molar-refractivity contribution in [3.63, 3.8) is 0 Å². The molecule has 1 N–H and O–H groups in total. The fourth-order valence-electron chi connectivity index (χ4n) is 1.75. The third-order valence-corrected chi connectivity index (χ3v) is 2.75. The van der Waals surface area contributed by atoms with E-state index >= 15 is 0 Å². The summed E-state index contributed by atoms with van der Waals surface area (Å²) in [4.78, 5) is 22.9. The lowest BCUT2D eigenvalue weighted by Gasteiger charge is -2.16. The second-order valence-electron chi connectivity index (χ2n) is 4.36. The number of hydrogen-bond donors (Lipinski definition) is 1. The van der Waals surface area contributed by atoms with Crippen LogP contribution in [-0.4, -0.2) is 38.7 Å². The number of unbranched alkanes of at least 4 members (excludes halogenated alkanes) is 4. The van der Waals surface area contributed by atoms with E-state index in [1.165, 1.54) is 14.2 Å². The van der Waals surface area contributed by atoms with Crippen molar-refractivity contribution < 1.29 is 19.1 Å². The van der Waals surface area contributed by atoms with E-state index in [-0.39, 0.29) is 12.5 Å². The Morgan fingerprint density at radius 3 is 2.47 bits per heavy atom. The summed E-state index contributed by atoms with van der Waals surface area (Å²) >= 11 is 0. The quantitative estimate of drug-likeness (QED) is 0.354. The van der Waals surface area contributed by atoms with Gasteiger partial charge in [-0.3, -0.25) is 4.79 Å². The largest absolute Gasteiger partial charge is 0.467 e. The number of amides is 1. The topological polar surface area (TPSA) is 64.6 Å². The zero-order valence-electron chi connectivity index (χ0n) is 11.9. The number of ether oxygens (including phenoxy) is 2. The first-order chi connectivity index (χ1) is 9.15. The van der Waals surface area contributed by atoms with Crippen molar-refractivity contribution in [2.24, 2.45) is 0 Å². The molecule has 0 aromatic heterocycles. The molecule has 0 heterocycles. The molecular weight excluding hydrogens is 246 g/mol. The minimum atomic E-state index is -0.577. The third kappa shape index (κ3) is 9.25. The van der Waals surface area contributed by atoms with Gasteiger partial charge in [0.2, 0.25) is 5.91 Å². The number of carbonyl (C=O) groups excluding carboxylic acids is 2. The summed E-state index contributed by atoms with van der Waals surface area (Å²) in [6.45, 7) is 3.62. The molecular formula is C14H25NO4. The zero-order valence-corrected chi connectivity index (χ0v) is 11.9. The molecule has 0 bridgehead atoms. The molecule has 5 heteroatoms. The smallest absolute Gasteiger partial charge is 0.328 e. The summed E-state index contributed by atoms with van der Waals surface area (Å²) in [7, 11) is 2.76. The van der Waals surface area contributed by atoms with Crippen LogP contribution in [0, 0.1) is 0 Å². The van der Waals surface area contributed by atoms with Gasteiger partial charge in [0.1, 0.15) is 12.6 Å². The molecule has 0 saturated carbocycles. The van der Waals surface area contributed by atoms with Crippen LogP contribution in [0.3, 0.4) is 0 Å². The molecule has 0 aliphatic heterocycles. The van der Waals surface area contributed by atoms with E-state index in [4.69, 9.17) is 4.74 Å². The van der Waals surface area contributed by atoms with Crippen molar-refractivity contribution in [2.45, 2.75) is 44.6 Å². The highest BCUT2D eigenvalue weighted by Crippen LogP contribution is 2.08. The SMILES string of the molecule is C=CCCCCCC[C@H](NC(=O)COC)C(=O)OC. The summed E-state index contributed by atoms with van der Waals surface area (Å²) in [5.74, 6) is -0.708. The van der Waals surface area contributed by atoms with Crippen LogP contribution < -0.4 is 5.32 Å². The summed E-state index contributed by atoms with van der Waals surface area (Å²) in [5, 5.41) is 2.62. The van der Waals surface area contributed by atoms with Gasteiger partial charge < -0.3 is 14.8 Å². The molecule has 0 unspecified atom stereocenters. The lowest BCUT2D eigenvalue weighted by Crippen LogP contribution is -2.43. The highest BCUT2D eigenvalue weighted by Gasteiger charge is 2.20. The molecule has 1 atom stereocenters. The van der Waals surface area contributed by atoms with Gasteiger partial charge in [-0.1, -0.05) is 25.3 Å². The van der Waals surface area contributed by atoms with Crippen LogP contribution in [-0.2, 0) is 19.1 Å². The summed E-state index contributed by atoms with van der Waals surface area (Å²) in [6.07, 6.45) is 7.64. The highest BCUT2D eigenvalue weighted by molar-refractivity contribution is 5.84. The fraction of sp³-hybridized carbons (Fsp3) is 0.714. The first-order valence-electron chi connectivity index (χ1n) is 6.62. The van der Waals surface area contributed by atoms with Crippen molar-refractivity contribution in [2.75, 3.05) is 20.8 Å². The lowest BCUT2D eigenvalue weighted by atomic mass is 10.1. The summed E-state index contributed by atoms with van der Waals surface area (Å²) < 4.78 is 9.39. The number of esters is 1. The average Bonchev–Trinajstić information content (AvgIpc) is 2.40. The van der Waals surface area contributed by atoms with Crippen molar-refractivity contribution in [1.82, 2.24) is 5.32 Å². The number of carbonyl (C=O) groups is 2. The van der Waals surface area contributed by atoms with E-state index in [1.54, 1.807) is 0 Å². The summed E-state index contributed by atoms with van der Waals surface area (Å²) in [5.41, 5.74) is 0. The van der Waals surface area contributed by atoms with Crippen LogP contribution >= 0.6 is 0 Å². The molecule has 19 heavy (non-hydrogen) atoms. The third-order valence-electron chi connectivity index (χ3n) is 2.75. The van der Waals surface area contributed by atoms with E-state index in [0.29, 0.717) is 6.42 Å². The molecule has 0 aromatic carbocycles. The molecule has 0 radical (unpaired) electrons. The Hall–Kier alpha value is -1.36. The Kier molecular flexibility index (Phi) is 10.9. The molecule has 110 valence electrons. The minimum absolute atomic E-state index is 0.0488. The van der Waals surface area contributed by atoms with Crippen LogP contribution in [0.1, 0.15) is 38.5 Å². The summed E-state index contributed by atoms with van der Waals surface area (Å²) in [6, 6.07) is -0.577. The fourth-order valence-corrected chi connectivity index (χ4v) is 1.75. The average molecular weight is 271 g/mol. The number of methoxy groups -OCH3 is 2. The van der Waals surface area contributed by atoms with Crippen molar-refractivity contribution in [3.8, 4) is 0 Å². The van der Waals surface area contributed by atoms with Gasteiger partial charge in [0.15, 0.2) is 0 Å². The number of hydrogen-bond acceptors (Lipinski definition) is 4. The van der Waals surface area contributed by atoms with Crippen molar-refractivity contribution in [1.29, 1.82) is 0 Å². The Morgan fingerprint density at radius 2 is 1.89 bits per heavy atom. The second-order valence-corrected chi connectivity index (χ2v) is 4.36. The van der Waals surface area contributed by atoms with Crippen molar-refractivity contribution >= 4 is 11.9 Å². The normalized spacial score (nSPS) is 11.7. The maximum Gasteiger partial charge on any atom is 0.328 e. The number of allylic oxidation sites excluding steroid dienone is 1. The van der Waals surface area contributed by atoms with Crippen LogP contribution in [0.5, 0.6) is 0 Å². The molecule has 0 aliphatic carbocycles. The maximum atomic E-state index is 11.5. The molecule has 0 fully saturated rings. The van der Waals surface area contributed by atoms with Crippen LogP contribution in [0.15, 0.2) is 12.7 Å². The van der Waals surface area contributed by atoms with Gasteiger partial charge in [0, 0.05) is 7.11 Å². The first kappa shape index (κ1) is 17.6. The van der Waals surface area contributed by atoms with Gasteiger partial charge in [0.05, 0.1) is 7.11 Å². The van der Waals surface area contributed by atoms with Gasteiger partial charge >= 0.3 is 5.97 Å². The van der Waals surface area contributed by atoms with Gasteiger partial charge in [-0.2, -0.15) is 0 Å². The van der Waals surface area contributed by atoms with Crippen LogP contribution in [0.2, 0.25) is 0 Å². The Labute approximate surface area is 115 Å². The molecule has 0 aromatic rings. The number of rotatable bonds is 11. The predicted molar refractivity (Wildman–Crippen MR) is 73.7 cm³/mol. The van der Waals surface area contributed by atoms with E-state index < -0.39 is 12.0 Å². The molecule has 0 rings (SSSR count). The monoisotopic (exact) mass is 271 g/mol. The Morgan fingerprint density at radius 1 is 1.21 bits per heavy atom. The van der Waals surface area contributed by atoms with Gasteiger partial charge in [-0.05, 0) is 19.3 Å². The van der Waals surface area contributed by atoms with E-state index in [9.17, 15) is 9.59 Å². The number of nitrogens with one attached hydrogen (secondary N) is 1. The molecule has 5 nitrogen and oxygen atoms in total. The van der Waals surface area contributed by atoms with Crippen molar-refractivity contribution in [3.05, 3.63) is 12.7 Å². The molecule has 0 aliphatic rings. The first-order valence-corrected chi connectivity index (χ1v) is 6.62. The van der Waals surface area contributed by atoms with E-state index in [0.717, 1.165) is 32.1 Å². The van der Waals surface area contributed by atoms with Gasteiger partial charge in [-0.15, -0.1) is 6.58 Å². The van der Waals surface area contributed by atoms with E-state index in [1.807, 2.05) is 6.08 Å². The lowest BCUT2D eigenvalue weighted by molar-refractivity contribution is -0.145. The Balaban J connectivity index is 3.96. The zero-order chi connectivity index (χ0) is 14.5. The van der Waals surface area contributed by atoms with E-state index in [2.05, 4.69) is 16.6 Å². The van der Waals surface area contributed by atoms with Crippen LogP contribution in [0.25, 0.3) is 0 Å². The molecule has 0 spiro atoms. The highest BCUT2D eigenvalue weighted by atomic mass is 16.5. The van der Waals surface area contributed by atoms with Gasteiger partial charge in [0.25, 0.3) is 0 Å². The molecule has 1 amide bonds. The standard InChI is InChI=1S/C14H25NO4/c1-4-5-6-7-8-9-10-12(14(17)19-3)15-13(16)11-18-2/h4,12H,1,5-11H2,2-3H3,(H,15,16)/t12-/m0/s1. The molecule has 0 saturated heterocycles. The predicted octanol–water partition coefficient (Wildman–Crippen LogP) is 1.82. The van der Waals surface area contributed by atoms with Gasteiger partial charge in [-0.25, -0.2) is 4.79 Å². The Bertz CT molecular complexity index is 279. The van der Waals surface area contributed by atoms with Crippen LogP contribution in [0.4, 0.5) is 0 Å². The maximum absolute atomic E-state index is 11.5. The minimum Gasteiger partial charge on any atom is -0.467 e.